The molecule has 0 aliphatic carbocycles. The van der Waals surface area contributed by atoms with Crippen LogP contribution in [-0.4, -0.2) is 55.0 Å². The number of piperidine rings is 1. The van der Waals surface area contributed by atoms with E-state index in [0.29, 0.717) is 12.0 Å². The van der Waals surface area contributed by atoms with E-state index in [1.165, 1.54) is 12.8 Å². The lowest BCUT2D eigenvalue weighted by Crippen LogP contribution is -2.43. The minimum atomic E-state index is 0.0216. The molecule has 0 bridgehead atoms. The highest BCUT2D eigenvalue weighted by Gasteiger charge is 2.47. The number of carbonyl (C=O) groups excluding carboxylic acids is 1. The molecule has 1 spiro atoms. The van der Waals surface area contributed by atoms with E-state index in [0.717, 1.165) is 44.8 Å². The SMILES string of the molecule is CCCN1CC2(CCN(C)CC2)C[C@@H]1C(=O)NCc1ccco1. The van der Waals surface area contributed by atoms with Crippen molar-refractivity contribution in [1.29, 1.82) is 0 Å². The molecule has 0 aromatic carbocycles. The molecule has 1 aromatic rings. The lowest BCUT2D eigenvalue weighted by atomic mass is 9.76. The molecular weight excluding hydrogens is 290 g/mol. The summed E-state index contributed by atoms with van der Waals surface area (Å²) in [5, 5.41) is 3.06. The number of carbonyl (C=O) groups is 1. The van der Waals surface area contributed by atoms with E-state index in [9.17, 15) is 4.79 Å². The lowest BCUT2D eigenvalue weighted by molar-refractivity contribution is -0.125. The molecule has 0 saturated carbocycles. The molecule has 5 nitrogen and oxygen atoms in total. The van der Waals surface area contributed by atoms with Gasteiger partial charge in [0.15, 0.2) is 0 Å². The Kier molecular flexibility index (Phi) is 5.07. The topological polar surface area (TPSA) is 48.7 Å². The third-order valence-corrected chi connectivity index (χ3v) is 5.48. The number of hydrogen-bond acceptors (Lipinski definition) is 4. The molecule has 128 valence electrons. The number of rotatable bonds is 5. The van der Waals surface area contributed by atoms with E-state index >= 15 is 0 Å². The first-order valence-electron chi connectivity index (χ1n) is 8.84. The van der Waals surface area contributed by atoms with Crippen molar-refractivity contribution in [1.82, 2.24) is 15.1 Å². The molecule has 5 heteroatoms. The third-order valence-electron chi connectivity index (χ3n) is 5.48. The highest BCUT2D eigenvalue weighted by Crippen LogP contribution is 2.43. The van der Waals surface area contributed by atoms with Crippen LogP contribution in [0.4, 0.5) is 0 Å². The van der Waals surface area contributed by atoms with E-state index in [4.69, 9.17) is 4.42 Å². The zero-order valence-corrected chi connectivity index (χ0v) is 14.4. The highest BCUT2D eigenvalue weighted by molar-refractivity contribution is 5.82. The molecule has 3 heterocycles. The number of likely N-dealkylation sites (tertiary alicyclic amines) is 2. The van der Waals surface area contributed by atoms with Gasteiger partial charge in [-0.2, -0.15) is 0 Å². The minimum Gasteiger partial charge on any atom is -0.467 e. The summed E-state index contributed by atoms with van der Waals surface area (Å²) in [7, 11) is 2.19. The van der Waals surface area contributed by atoms with Crippen LogP contribution in [0.2, 0.25) is 0 Å². The van der Waals surface area contributed by atoms with E-state index in [2.05, 4.69) is 29.1 Å². The Bertz CT molecular complexity index is 506. The Hall–Kier alpha value is -1.33. The van der Waals surface area contributed by atoms with Crippen molar-refractivity contribution in [3.63, 3.8) is 0 Å². The Labute approximate surface area is 139 Å². The molecule has 0 unspecified atom stereocenters. The van der Waals surface area contributed by atoms with Gasteiger partial charge in [0.25, 0.3) is 0 Å². The molecule has 2 fully saturated rings. The molecule has 1 aromatic heterocycles. The van der Waals surface area contributed by atoms with Gasteiger partial charge in [-0.15, -0.1) is 0 Å². The first-order valence-corrected chi connectivity index (χ1v) is 8.84. The molecule has 1 N–H and O–H groups in total. The third kappa shape index (κ3) is 3.78. The van der Waals surface area contributed by atoms with E-state index in [-0.39, 0.29) is 11.9 Å². The van der Waals surface area contributed by atoms with Gasteiger partial charge >= 0.3 is 0 Å². The van der Waals surface area contributed by atoms with Crippen molar-refractivity contribution in [2.24, 2.45) is 5.41 Å². The largest absolute Gasteiger partial charge is 0.467 e. The maximum atomic E-state index is 12.7. The fourth-order valence-corrected chi connectivity index (χ4v) is 4.09. The number of hydrogen-bond donors (Lipinski definition) is 1. The smallest absolute Gasteiger partial charge is 0.237 e. The number of nitrogens with one attached hydrogen (secondary N) is 1. The normalized spacial score (nSPS) is 25.0. The first kappa shape index (κ1) is 16.5. The van der Waals surface area contributed by atoms with Crippen molar-refractivity contribution in [3.8, 4) is 0 Å². The van der Waals surface area contributed by atoms with Crippen LogP contribution in [0.1, 0.15) is 38.4 Å². The Balaban J connectivity index is 1.62. The predicted molar refractivity (Wildman–Crippen MR) is 90.0 cm³/mol. The number of nitrogens with zero attached hydrogens (tertiary/aromatic N) is 2. The zero-order chi connectivity index (χ0) is 16.3. The van der Waals surface area contributed by atoms with Crippen LogP contribution in [0.25, 0.3) is 0 Å². The number of amides is 1. The first-order chi connectivity index (χ1) is 11.1. The quantitative estimate of drug-likeness (QED) is 0.903. The van der Waals surface area contributed by atoms with E-state index < -0.39 is 0 Å². The lowest BCUT2D eigenvalue weighted by Gasteiger charge is -2.37. The van der Waals surface area contributed by atoms with Crippen LogP contribution < -0.4 is 5.32 Å². The second-order valence-corrected chi connectivity index (χ2v) is 7.29. The standard InChI is InChI=1S/C18H29N3O2/c1-3-8-21-14-18(6-9-20(2)10-7-18)12-16(21)17(22)19-13-15-5-4-11-23-15/h4-5,11,16H,3,6-10,12-14H2,1-2H3,(H,19,22)/t16-/m1/s1. The fraction of sp³-hybridized carbons (Fsp3) is 0.722. The fourth-order valence-electron chi connectivity index (χ4n) is 4.09. The van der Waals surface area contributed by atoms with E-state index in [1.807, 2.05) is 12.1 Å². The second-order valence-electron chi connectivity index (χ2n) is 7.29. The summed E-state index contributed by atoms with van der Waals surface area (Å²) in [5.41, 5.74) is 0.342. The second kappa shape index (κ2) is 7.05. The molecule has 23 heavy (non-hydrogen) atoms. The van der Waals surface area contributed by atoms with Crippen molar-refractivity contribution in [2.45, 2.75) is 45.2 Å². The van der Waals surface area contributed by atoms with Crippen LogP contribution in [0.3, 0.4) is 0 Å². The summed E-state index contributed by atoms with van der Waals surface area (Å²) in [6.45, 7) is 7.07. The minimum absolute atomic E-state index is 0.0216. The van der Waals surface area contributed by atoms with Gasteiger partial charge in [0.05, 0.1) is 18.8 Å². The van der Waals surface area contributed by atoms with Crippen LogP contribution in [0.15, 0.2) is 22.8 Å². The Morgan fingerprint density at radius 1 is 1.43 bits per heavy atom. The maximum absolute atomic E-state index is 12.7. The molecule has 1 atom stereocenters. The van der Waals surface area contributed by atoms with Crippen LogP contribution >= 0.6 is 0 Å². The average molecular weight is 319 g/mol. The highest BCUT2D eigenvalue weighted by atomic mass is 16.3. The molecule has 3 rings (SSSR count). The maximum Gasteiger partial charge on any atom is 0.237 e. The monoisotopic (exact) mass is 319 g/mol. The van der Waals surface area contributed by atoms with Gasteiger partial charge in [-0.1, -0.05) is 6.92 Å². The van der Waals surface area contributed by atoms with Crippen LogP contribution in [-0.2, 0) is 11.3 Å². The van der Waals surface area contributed by atoms with Gasteiger partial charge in [-0.05, 0) is 69.9 Å². The summed E-state index contributed by atoms with van der Waals surface area (Å²) >= 11 is 0. The van der Waals surface area contributed by atoms with Crippen LogP contribution in [0, 0.1) is 5.41 Å². The summed E-state index contributed by atoms with van der Waals surface area (Å²) in [6, 6.07) is 3.78. The number of furan rings is 1. The molecular formula is C18H29N3O2. The van der Waals surface area contributed by atoms with Gasteiger partial charge in [-0.3, -0.25) is 9.69 Å². The summed E-state index contributed by atoms with van der Waals surface area (Å²) in [5.74, 6) is 0.970. The van der Waals surface area contributed by atoms with E-state index in [1.54, 1.807) is 6.26 Å². The average Bonchev–Trinajstić information content (AvgIpc) is 3.17. The van der Waals surface area contributed by atoms with Gasteiger partial charge in [-0.25, -0.2) is 0 Å². The summed E-state index contributed by atoms with van der Waals surface area (Å²) in [6.07, 6.45) is 6.17. The summed E-state index contributed by atoms with van der Waals surface area (Å²) in [4.78, 5) is 17.5. The van der Waals surface area contributed by atoms with Gasteiger partial charge in [0, 0.05) is 6.54 Å². The van der Waals surface area contributed by atoms with Gasteiger partial charge in [0.1, 0.15) is 5.76 Å². The van der Waals surface area contributed by atoms with Crippen LogP contribution in [0.5, 0.6) is 0 Å². The van der Waals surface area contributed by atoms with Gasteiger partial charge < -0.3 is 14.6 Å². The Morgan fingerprint density at radius 2 is 2.22 bits per heavy atom. The Morgan fingerprint density at radius 3 is 2.87 bits per heavy atom. The van der Waals surface area contributed by atoms with Crippen molar-refractivity contribution in [3.05, 3.63) is 24.2 Å². The van der Waals surface area contributed by atoms with Crippen molar-refractivity contribution >= 4 is 5.91 Å². The summed E-state index contributed by atoms with van der Waals surface area (Å²) < 4.78 is 5.31. The molecule has 2 aliphatic rings. The molecule has 2 saturated heterocycles. The van der Waals surface area contributed by atoms with Gasteiger partial charge in [0.2, 0.25) is 5.91 Å². The van der Waals surface area contributed by atoms with Crippen molar-refractivity contribution in [2.75, 3.05) is 33.2 Å². The molecule has 1 amide bonds. The molecule has 0 radical (unpaired) electrons. The molecule has 2 aliphatic heterocycles. The zero-order valence-electron chi connectivity index (χ0n) is 14.4. The van der Waals surface area contributed by atoms with Crippen molar-refractivity contribution < 1.29 is 9.21 Å². The predicted octanol–water partition coefficient (Wildman–Crippen LogP) is 2.09.